The molecule has 0 amide bonds. The number of benzene rings is 5. The van der Waals surface area contributed by atoms with Gasteiger partial charge in [0.15, 0.2) is 0 Å². The second-order valence-corrected chi connectivity index (χ2v) is 20.7. The normalized spacial score (nSPS) is 23.1. The predicted octanol–water partition coefficient (Wildman–Crippen LogP) is 13.1. The van der Waals surface area contributed by atoms with Crippen LogP contribution in [0.4, 0.5) is 0 Å². The summed E-state index contributed by atoms with van der Waals surface area (Å²) >= 11 is 0. The Morgan fingerprint density at radius 2 is 0.877 bits per heavy atom. The van der Waals surface area contributed by atoms with Gasteiger partial charge in [0.05, 0.1) is 5.54 Å². The van der Waals surface area contributed by atoms with E-state index >= 15 is 4.80 Å². The summed E-state index contributed by atoms with van der Waals surface area (Å²) in [6.07, 6.45) is 10.8. The van der Waals surface area contributed by atoms with Crippen molar-refractivity contribution in [3.8, 4) is 0 Å². The zero-order chi connectivity index (χ0) is 40.3. The van der Waals surface area contributed by atoms with Crippen LogP contribution in [0.3, 0.4) is 0 Å². The predicted molar refractivity (Wildman–Crippen MR) is 241 cm³/mol. The van der Waals surface area contributed by atoms with Gasteiger partial charge in [-0.25, -0.2) is 0 Å². The molecule has 3 heteroatoms. The monoisotopic (exact) mass is 774 g/mol. The van der Waals surface area contributed by atoms with E-state index in [2.05, 4.69) is 177 Å². The van der Waals surface area contributed by atoms with Crippen molar-refractivity contribution in [2.75, 3.05) is 0 Å². The van der Waals surface area contributed by atoms with Crippen molar-refractivity contribution in [2.24, 2.45) is 0 Å². The molecule has 2 atom stereocenters. The number of hydrogen-bond acceptors (Lipinski definition) is 2. The van der Waals surface area contributed by atoms with Crippen molar-refractivity contribution in [1.82, 2.24) is 0 Å². The molecule has 0 saturated carbocycles. The molecule has 0 fully saturated rings. The maximum absolute atomic E-state index is 15.3. The average Bonchev–Trinajstić information content (AvgIpc) is 3.74. The molecular weight excluding hydrogens is 709 g/mol. The van der Waals surface area contributed by atoms with Gasteiger partial charge in [-0.2, -0.15) is 0 Å². The molecule has 0 bridgehead atoms. The zero-order valence-electron chi connectivity index (χ0n) is 36.1. The third-order valence-corrected chi connectivity index (χ3v) is 19.8. The van der Waals surface area contributed by atoms with Gasteiger partial charge >= 0.3 is 8.56 Å². The molecule has 0 spiro atoms. The van der Waals surface area contributed by atoms with Crippen LogP contribution < -0.4 is 5.19 Å². The third kappa shape index (κ3) is 5.47. The summed E-state index contributed by atoms with van der Waals surface area (Å²) in [5.41, 5.74) is 10.1. The standard InChI is InChI=1S/C54H66O2Si/c1-9-50(10-2)37-52(13-5,14-6)46-44(50)36-45-47(53(15-7,16-8)38-51(45,11-3)12-4)49(46)57(55)48(39-28-20-17-21-29-39)42-34-26-27-35-43(42)54(56-57,40-30-22-18-23-31-40)41-32-24-19-25-33-41/h17-36,48,55H,9-16,37-38H2,1-8H3. The summed E-state index contributed by atoms with van der Waals surface area (Å²) < 4.78 is 8.39. The minimum Gasteiger partial charge on any atom is -0.407 e. The maximum atomic E-state index is 15.3. The van der Waals surface area contributed by atoms with E-state index in [1.54, 1.807) is 0 Å². The van der Waals surface area contributed by atoms with E-state index in [0.29, 0.717) is 0 Å². The van der Waals surface area contributed by atoms with Crippen LogP contribution >= 0.6 is 0 Å². The fraction of sp³-hybridized carbons (Fsp3) is 0.444. The first-order chi connectivity index (χ1) is 27.6. The molecule has 5 aromatic rings. The SMILES string of the molecule is CCC1(CC)CC(CC)(CC)c2c1cc1c(c2[Si]2(O)OC(c3ccccc3)(c3ccccc3)c3ccccc3C2c2ccccc2)C(CC)(CC)CC1(CC)CC. The molecule has 5 aromatic carbocycles. The fourth-order valence-corrected chi connectivity index (χ4v) is 17.1. The highest BCUT2D eigenvalue weighted by Crippen LogP contribution is 2.64. The Balaban J connectivity index is 1.65. The molecule has 0 radical (unpaired) electrons. The van der Waals surface area contributed by atoms with Gasteiger partial charge in [-0.05, 0) is 136 Å². The Kier molecular flexibility index (Phi) is 10.4. The van der Waals surface area contributed by atoms with E-state index in [9.17, 15) is 0 Å². The first kappa shape index (κ1) is 40.0. The van der Waals surface area contributed by atoms with Crippen LogP contribution in [-0.4, -0.2) is 13.4 Å². The van der Waals surface area contributed by atoms with E-state index < -0.39 is 14.2 Å². The molecule has 0 saturated heterocycles. The summed E-state index contributed by atoms with van der Waals surface area (Å²) in [7, 11) is -4.17. The summed E-state index contributed by atoms with van der Waals surface area (Å²) in [6.45, 7) is 19.4. The number of hydrogen-bond donors (Lipinski definition) is 1. The smallest absolute Gasteiger partial charge is 0.383 e. The highest BCUT2D eigenvalue weighted by atomic mass is 28.4. The highest BCUT2D eigenvalue weighted by molar-refractivity contribution is 6.83. The van der Waals surface area contributed by atoms with Crippen LogP contribution in [0.2, 0.25) is 0 Å². The van der Waals surface area contributed by atoms with Crippen LogP contribution in [0.25, 0.3) is 0 Å². The van der Waals surface area contributed by atoms with E-state index in [1.807, 2.05) is 0 Å². The minimum atomic E-state index is -4.17. The fourth-order valence-electron chi connectivity index (χ4n) is 12.9. The zero-order valence-corrected chi connectivity index (χ0v) is 37.1. The van der Waals surface area contributed by atoms with Gasteiger partial charge in [-0.3, -0.25) is 0 Å². The molecule has 3 aliphatic rings. The lowest BCUT2D eigenvalue weighted by Gasteiger charge is -2.52. The van der Waals surface area contributed by atoms with Gasteiger partial charge < -0.3 is 9.22 Å². The number of fused-ring (bicyclic) bond motifs is 3. The molecule has 2 nitrogen and oxygen atoms in total. The molecule has 8 rings (SSSR count). The van der Waals surface area contributed by atoms with Gasteiger partial charge in [-0.15, -0.1) is 0 Å². The van der Waals surface area contributed by atoms with Crippen molar-refractivity contribution in [1.29, 1.82) is 0 Å². The van der Waals surface area contributed by atoms with Crippen LogP contribution in [0, 0.1) is 0 Å². The molecule has 1 aliphatic heterocycles. The lowest BCUT2D eigenvalue weighted by atomic mass is 9.70. The third-order valence-electron chi connectivity index (χ3n) is 16.5. The first-order valence-electron chi connectivity index (χ1n) is 22.5. The summed E-state index contributed by atoms with van der Waals surface area (Å²) in [5.74, 6) is 0. The van der Waals surface area contributed by atoms with E-state index in [4.69, 9.17) is 4.43 Å². The Morgan fingerprint density at radius 1 is 0.491 bits per heavy atom. The Hall–Kier alpha value is -3.76. The Labute approximate surface area is 345 Å². The molecular formula is C54H66O2Si. The molecule has 1 heterocycles. The second-order valence-electron chi connectivity index (χ2n) is 18.0. The van der Waals surface area contributed by atoms with E-state index in [-0.39, 0.29) is 27.2 Å². The molecule has 0 aromatic heterocycles. The van der Waals surface area contributed by atoms with Crippen molar-refractivity contribution in [2.45, 2.75) is 152 Å². The first-order valence-corrected chi connectivity index (χ1v) is 24.5. The van der Waals surface area contributed by atoms with E-state index in [0.717, 1.165) is 86.5 Å². The maximum Gasteiger partial charge on any atom is 0.383 e. The van der Waals surface area contributed by atoms with Crippen molar-refractivity contribution in [3.05, 3.63) is 171 Å². The van der Waals surface area contributed by atoms with Gasteiger partial charge in [0, 0.05) is 5.19 Å². The molecule has 57 heavy (non-hydrogen) atoms. The molecule has 1 N–H and O–H groups in total. The molecule has 2 aliphatic carbocycles. The van der Waals surface area contributed by atoms with Crippen LogP contribution in [0.5, 0.6) is 0 Å². The van der Waals surface area contributed by atoms with Crippen LogP contribution in [-0.2, 0) is 31.7 Å². The Morgan fingerprint density at radius 3 is 1.30 bits per heavy atom. The molecule has 2 unspecified atom stereocenters. The highest BCUT2D eigenvalue weighted by Gasteiger charge is 2.66. The van der Waals surface area contributed by atoms with Gasteiger partial charge in [0.25, 0.3) is 0 Å². The van der Waals surface area contributed by atoms with Gasteiger partial charge in [0.1, 0.15) is 5.60 Å². The largest absolute Gasteiger partial charge is 0.407 e. The van der Waals surface area contributed by atoms with Crippen LogP contribution in [0.15, 0.2) is 121 Å². The van der Waals surface area contributed by atoms with Crippen LogP contribution in [0.1, 0.15) is 175 Å². The Bertz CT molecular complexity index is 2090. The van der Waals surface area contributed by atoms with Gasteiger partial charge in [-0.1, -0.05) is 177 Å². The van der Waals surface area contributed by atoms with Gasteiger partial charge in [0.2, 0.25) is 0 Å². The quantitative estimate of drug-likeness (QED) is 0.128. The van der Waals surface area contributed by atoms with E-state index in [1.165, 1.54) is 33.0 Å². The summed E-state index contributed by atoms with van der Waals surface area (Å²) in [6, 6.07) is 44.3. The second kappa shape index (κ2) is 14.8. The number of rotatable bonds is 12. The van der Waals surface area contributed by atoms with Crippen molar-refractivity contribution >= 4 is 13.7 Å². The minimum absolute atomic E-state index is 0.0392. The van der Waals surface area contributed by atoms with Crippen molar-refractivity contribution < 1.29 is 9.22 Å². The lowest BCUT2D eigenvalue weighted by molar-refractivity contribution is 0.0959. The average molecular weight is 775 g/mol. The van der Waals surface area contributed by atoms with Crippen molar-refractivity contribution in [3.63, 3.8) is 0 Å². The molecule has 298 valence electrons. The summed E-state index contributed by atoms with van der Waals surface area (Å²) in [4.78, 5) is 15.3. The lowest BCUT2D eigenvalue weighted by Crippen LogP contribution is -2.67. The summed E-state index contributed by atoms with van der Waals surface area (Å²) in [5, 5.41) is 1.24. The topological polar surface area (TPSA) is 29.5 Å².